The summed E-state index contributed by atoms with van der Waals surface area (Å²) in [6.07, 6.45) is 3.22. The van der Waals surface area contributed by atoms with Crippen LogP contribution in [-0.2, 0) is 9.84 Å². The molecular formula is C13H16O4S. The average Bonchev–Trinajstić information content (AvgIpc) is 2.82. The van der Waals surface area contributed by atoms with Crippen LogP contribution in [0, 0.1) is 6.92 Å². The molecule has 0 bridgehead atoms. The fraction of sp³-hybridized carbons (Fsp3) is 0.462. The number of sulfone groups is 1. The molecule has 1 saturated carbocycles. The summed E-state index contributed by atoms with van der Waals surface area (Å²) >= 11 is 0. The second-order valence-electron chi connectivity index (χ2n) is 4.73. The summed E-state index contributed by atoms with van der Waals surface area (Å²) in [5.74, 6) is -1.09. The van der Waals surface area contributed by atoms with Gasteiger partial charge >= 0.3 is 5.97 Å². The summed E-state index contributed by atoms with van der Waals surface area (Å²) in [4.78, 5) is 11.2. The third-order valence-corrected chi connectivity index (χ3v) is 5.77. The van der Waals surface area contributed by atoms with Gasteiger partial charge in [0.1, 0.15) is 0 Å². The van der Waals surface area contributed by atoms with Gasteiger partial charge in [0.05, 0.1) is 15.7 Å². The van der Waals surface area contributed by atoms with Crippen molar-refractivity contribution in [3.63, 3.8) is 0 Å². The Kier molecular flexibility index (Phi) is 3.43. The molecule has 2 rings (SSSR count). The molecule has 0 unspecified atom stereocenters. The molecule has 1 aliphatic rings. The number of hydrogen-bond acceptors (Lipinski definition) is 3. The maximum absolute atomic E-state index is 12.3. The molecule has 0 radical (unpaired) electrons. The second-order valence-corrected chi connectivity index (χ2v) is 6.96. The maximum atomic E-state index is 12.3. The predicted molar refractivity (Wildman–Crippen MR) is 67.6 cm³/mol. The van der Waals surface area contributed by atoms with E-state index in [9.17, 15) is 13.2 Å². The third-order valence-electron chi connectivity index (χ3n) is 3.51. The number of aromatic carboxylic acids is 1. The van der Waals surface area contributed by atoms with Gasteiger partial charge in [-0.1, -0.05) is 18.9 Å². The molecular weight excluding hydrogens is 252 g/mol. The van der Waals surface area contributed by atoms with Crippen molar-refractivity contribution in [2.45, 2.75) is 42.8 Å². The molecule has 1 fully saturated rings. The van der Waals surface area contributed by atoms with Crippen molar-refractivity contribution in [3.8, 4) is 0 Å². The van der Waals surface area contributed by atoms with Crippen molar-refractivity contribution >= 4 is 15.8 Å². The zero-order valence-electron chi connectivity index (χ0n) is 10.2. The van der Waals surface area contributed by atoms with E-state index in [-0.39, 0.29) is 15.7 Å². The van der Waals surface area contributed by atoms with Gasteiger partial charge in [0.2, 0.25) is 0 Å². The van der Waals surface area contributed by atoms with E-state index in [1.165, 1.54) is 12.1 Å². The Balaban J connectivity index is 2.45. The van der Waals surface area contributed by atoms with Crippen LogP contribution < -0.4 is 0 Å². The highest BCUT2D eigenvalue weighted by Crippen LogP contribution is 2.30. The third kappa shape index (κ3) is 2.27. The average molecular weight is 268 g/mol. The van der Waals surface area contributed by atoms with Gasteiger partial charge in [-0.2, -0.15) is 0 Å². The lowest BCUT2D eigenvalue weighted by atomic mass is 10.1. The lowest BCUT2D eigenvalue weighted by Gasteiger charge is -2.12. The Morgan fingerprint density at radius 3 is 2.44 bits per heavy atom. The van der Waals surface area contributed by atoms with Crippen LogP contribution in [0.3, 0.4) is 0 Å². The SMILES string of the molecule is Cc1ccc(S(=O)(=O)C2CCCC2)cc1C(=O)O. The van der Waals surface area contributed by atoms with Gasteiger partial charge in [-0.3, -0.25) is 0 Å². The molecule has 5 heteroatoms. The van der Waals surface area contributed by atoms with Crippen molar-refractivity contribution in [3.05, 3.63) is 29.3 Å². The number of aryl methyl sites for hydroxylation is 1. The van der Waals surface area contributed by atoms with Crippen LogP contribution in [0.2, 0.25) is 0 Å². The number of carboxylic acids is 1. The molecule has 1 N–H and O–H groups in total. The molecule has 0 heterocycles. The number of carbonyl (C=O) groups is 1. The molecule has 4 nitrogen and oxygen atoms in total. The monoisotopic (exact) mass is 268 g/mol. The molecule has 0 amide bonds. The minimum absolute atomic E-state index is 0.0640. The predicted octanol–water partition coefficient (Wildman–Crippen LogP) is 2.41. The lowest BCUT2D eigenvalue weighted by molar-refractivity contribution is 0.0696. The van der Waals surface area contributed by atoms with E-state index < -0.39 is 15.8 Å². The molecule has 0 saturated heterocycles. The normalized spacial score (nSPS) is 16.9. The molecule has 18 heavy (non-hydrogen) atoms. The van der Waals surface area contributed by atoms with Gasteiger partial charge in [-0.15, -0.1) is 0 Å². The summed E-state index contributed by atoms with van der Waals surface area (Å²) in [5, 5.41) is 8.68. The summed E-state index contributed by atoms with van der Waals surface area (Å²) in [7, 11) is -3.37. The van der Waals surface area contributed by atoms with Gasteiger partial charge in [-0.05, 0) is 37.5 Å². The van der Waals surface area contributed by atoms with Gasteiger partial charge in [0, 0.05) is 0 Å². The fourth-order valence-corrected chi connectivity index (χ4v) is 4.28. The van der Waals surface area contributed by atoms with Gasteiger partial charge in [-0.25, -0.2) is 13.2 Å². The number of carboxylic acid groups (broad SMARTS) is 1. The Morgan fingerprint density at radius 2 is 1.89 bits per heavy atom. The zero-order valence-corrected chi connectivity index (χ0v) is 11.0. The number of rotatable bonds is 3. The fourth-order valence-electron chi connectivity index (χ4n) is 2.40. The van der Waals surface area contributed by atoms with Crippen LogP contribution in [0.25, 0.3) is 0 Å². The zero-order chi connectivity index (χ0) is 13.3. The van der Waals surface area contributed by atoms with Gasteiger partial charge in [0.25, 0.3) is 0 Å². The van der Waals surface area contributed by atoms with E-state index >= 15 is 0 Å². The van der Waals surface area contributed by atoms with Crippen molar-refractivity contribution < 1.29 is 18.3 Å². The maximum Gasteiger partial charge on any atom is 0.335 e. The summed E-state index contributed by atoms with van der Waals surface area (Å²) < 4.78 is 24.7. The second kappa shape index (κ2) is 4.72. The van der Waals surface area contributed by atoms with Crippen LogP contribution >= 0.6 is 0 Å². The Hall–Kier alpha value is -1.36. The van der Waals surface area contributed by atoms with Gasteiger partial charge in [0.15, 0.2) is 9.84 Å². The molecule has 0 aromatic heterocycles. The first-order chi connectivity index (χ1) is 8.43. The summed E-state index contributed by atoms with van der Waals surface area (Å²) in [6, 6.07) is 4.35. The minimum Gasteiger partial charge on any atom is -0.478 e. The molecule has 0 spiro atoms. The van der Waals surface area contributed by atoms with Crippen LogP contribution in [0.15, 0.2) is 23.1 Å². The first-order valence-corrected chi connectivity index (χ1v) is 7.55. The van der Waals surface area contributed by atoms with E-state index in [0.717, 1.165) is 12.8 Å². The van der Waals surface area contributed by atoms with E-state index in [1.807, 2.05) is 0 Å². The highest BCUT2D eigenvalue weighted by atomic mass is 32.2. The van der Waals surface area contributed by atoms with Crippen molar-refractivity contribution in [2.75, 3.05) is 0 Å². The molecule has 0 atom stereocenters. The van der Waals surface area contributed by atoms with Crippen molar-refractivity contribution in [1.29, 1.82) is 0 Å². The highest BCUT2D eigenvalue weighted by molar-refractivity contribution is 7.92. The summed E-state index contributed by atoms with van der Waals surface area (Å²) in [6.45, 7) is 1.66. The highest BCUT2D eigenvalue weighted by Gasteiger charge is 2.30. The largest absolute Gasteiger partial charge is 0.478 e. The first-order valence-electron chi connectivity index (χ1n) is 6.01. The van der Waals surface area contributed by atoms with Crippen LogP contribution in [-0.4, -0.2) is 24.7 Å². The first kappa shape index (κ1) is 13.1. The van der Waals surface area contributed by atoms with Crippen LogP contribution in [0.1, 0.15) is 41.6 Å². The quantitative estimate of drug-likeness (QED) is 0.913. The molecule has 1 aromatic rings. The van der Waals surface area contributed by atoms with E-state index in [1.54, 1.807) is 13.0 Å². The Morgan fingerprint density at radius 1 is 1.28 bits per heavy atom. The van der Waals surface area contributed by atoms with Crippen molar-refractivity contribution in [1.82, 2.24) is 0 Å². The number of hydrogen-bond donors (Lipinski definition) is 1. The van der Waals surface area contributed by atoms with Crippen LogP contribution in [0.4, 0.5) is 0 Å². The standard InChI is InChI=1S/C13H16O4S/c1-9-6-7-11(8-12(9)13(14)15)18(16,17)10-4-2-3-5-10/h6-8,10H,2-5H2,1H3,(H,14,15). The lowest BCUT2D eigenvalue weighted by Crippen LogP contribution is -2.18. The smallest absolute Gasteiger partial charge is 0.335 e. The molecule has 0 aliphatic heterocycles. The van der Waals surface area contributed by atoms with E-state index in [0.29, 0.717) is 18.4 Å². The molecule has 1 aromatic carbocycles. The topological polar surface area (TPSA) is 71.4 Å². The van der Waals surface area contributed by atoms with E-state index in [4.69, 9.17) is 5.11 Å². The Bertz CT molecular complexity index is 569. The number of benzene rings is 1. The minimum atomic E-state index is -3.37. The Labute approximate surface area is 107 Å². The van der Waals surface area contributed by atoms with E-state index in [2.05, 4.69) is 0 Å². The summed E-state index contributed by atoms with van der Waals surface area (Å²) in [5.41, 5.74) is 0.641. The van der Waals surface area contributed by atoms with Crippen LogP contribution in [0.5, 0.6) is 0 Å². The van der Waals surface area contributed by atoms with Gasteiger partial charge < -0.3 is 5.11 Å². The molecule has 98 valence electrons. The van der Waals surface area contributed by atoms with Crippen molar-refractivity contribution in [2.24, 2.45) is 0 Å². The molecule has 1 aliphatic carbocycles.